The Morgan fingerprint density at radius 2 is 1.72 bits per heavy atom. The van der Waals surface area contributed by atoms with Crippen molar-refractivity contribution in [3.8, 4) is 0 Å². The fourth-order valence-corrected chi connectivity index (χ4v) is 2.42. The predicted octanol–water partition coefficient (Wildman–Crippen LogP) is 2.92. The van der Waals surface area contributed by atoms with Gasteiger partial charge in [0.25, 0.3) is 0 Å². The molecule has 0 bridgehead atoms. The van der Waals surface area contributed by atoms with Crippen molar-refractivity contribution in [3.63, 3.8) is 0 Å². The molecule has 1 unspecified atom stereocenters. The Labute approximate surface area is 194 Å². The number of carbonyl (C=O) groups excluding carboxylic acids is 2. The Balaban J connectivity index is 0. The molecule has 0 aromatic rings. The second-order valence-electron chi connectivity index (χ2n) is 8.48. The van der Waals surface area contributed by atoms with Gasteiger partial charge in [0, 0.05) is 46.7 Å². The summed E-state index contributed by atoms with van der Waals surface area (Å²) >= 11 is 0. The fraction of sp³-hybridized carbons (Fsp3) is 0.850. The molecule has 1 atom stereocenters. The molecule has 0 fully saturated rings. The first kappa shape index (κ1) is 29.9. The van der Waals surface area contributed by atoms with Crippen LogP contribution in [0.1, 0.15) is 54.4 Å². The highest BCUT2D eigenvalue weighted by Crippen LogP contribution is 2.11. The number of guanidine groups is 1. The SMILES string of the molecule is CCNC(=NCCC(=O)N(C)C)N(C)CCC(NC(=O)OC(C)(C)C)C(C)C.I. The number of alkyl carbamates (subject to hydrolysis) is 1. The molecule has 0 aromatic carbocycles. The van der Waals surface area contributed by atoms with Gasteiger partial charge in [-0.1, -0.05) is 13.8 Å². The highest BCUT2D eigenvalue weighted by molar-refractivity contribution is 14.0. The van der Waals surface area contributed by atoms with E-state index in [1.165, 1.54) is 0 Å². The summed E-state index contributed by atoms with van der Waals surface area (Å²) < 4.78 is 5.37. The highest BCUT2D eigenvalue weighted by Gasteiger charge is 2.22. The number of rotatable bonds is 9. The molecule has 0 aromatic heterocycles. The topological polar surface area (TPSA) is 86.3 Å². The molecule has 2 amide bonds. The van der Waals surface area contributed by atoms with Crippen molar-refractivity contribution in [1.82, 2.24) is 20.4 Å². The molecule has 0 radical (unpaired) electrons. The van der Waals surface area contributed by atoms with Gasteiger partial charge in [0.05, 0.1) is 6.54 Å². The fourth-order valence-electron chi connectivity index (χ4n) is 2.42. The van der Waals surface area contributed by atoms with Crippen LogP contribution in [0.15, 0.2) is 4.99 Å². The minimum atomic E-state index is -0.517. The van der Waals surface area contributed by atoms with Crippen LogP contribution < -0.4 is 10.6 Å². The Bertz CT molecular complexity index is 519. The molecule has 0 heterocycles. The Morgan fingerprint density at radius 1 is 1.14 bits per heavy atom. The van der Waals surface area contributed by atoms with Gasteiger partial charge >= 0.3 is 6.09 Å². The molecule has 0 saturated heterocycles. The summed E-state index contributed by atoms with van der Waals surface area (Å²) in [6, 6.07) is -0.00417. The summed E-state index contributed by atoms with van der Waals surface area (Å²) in [5.74, 6) is 1.09. The summed E-state index contributed by atoms with van der Waals surface area (Å²) in [6.45, 7) is 13.6. The average Bonchev–Trinajstić information content (AvgIpc) is 2.55. The monoisotopic (exact) mass is 527 g/mol. The van der Waals surface area contributed by atoms with Crippen LogP contribution in [-0.4, -0.2) is 80.2 Å². The molecule has 0 saturated carbocycles. The van der Waals surface area contributed by atoms with Crippen molar-refractivity contribution in [2.75, 3.05) is 40.8 Å². The van der Waals surface area contributed by atoms with Crippen LogP contribution in [0, 0.1) is 5.92 Å². The molecule has 0 aliphatic heterocycles. The number of amides is 2. The van der Waals surface area contributed by atoms with E-state index in [2.05, 4.69) is 29.5 Å². The lowest BCUT2D eigenvalue weighted by Crippen LogP contribution is -2.45. The Kier molecular flexibility index (Phi) is 15.2. The molecule has 8 nitrogen and oxygen atoms in total. The molecule has 172 valence electrons. The second-order valence-corrected chi connectivity index (χ2v) is 8.48. The number of halogens is 1. The number of hydrogen-bond acceptors (Lipinski definition) is 4. The third kappa shape index (κ3) is 14.4. The minimum Gasteiger partial charge on any atom is -0.444 e. The van der Waals surface area contributed by atoms with Crippen molar-refractivity contribution < 1.29 is 14.3 Å². The second kappa shape index (κ2) is 14.7. The van der Waals surface area contributed by atoms with Gasteiger partial charge in [0.1, 0.15) is 5.60 Å². The molecular formula is C20H42IN5O3. The van der Waals surface area contributed by atoms with Crippen LogP contribution in [0.5, 0.6) is 0 Å². The van der Waals surface area contributed by atoms with E-state index in [-0.39, 0.29) is 41.8 Å². The van der Waals surface area contributed by atoms with Crippen LogP contribution in [0.4, 0.5) is 4.79 Å². The molecular weight excluding hydrogens is 485 g/mol. The lowest BCUT2D eigenvalue weighted by atomic mass is 10.0. The van der Waals surface area contributed by atoms with E-state index in [0.29, 0.717) is 19.5 Å². The van der Waals surface area contributed by atoms with Gasteiger partial charge in [-0.05, 0) is 40.0 Å². The number of hydrogen-bond donors (Lipinski definition) is 2. The first-order valence-electron chi connectivity index (χ1n) is 10.1. The maximum atomic E-state index is 12.1. The maximum Gasteiger partial charge on any atom is 0.407 e. The first-order chi connectivity index (χ1) is 12.9. The molecule has 0 aliphatic carbocycles. The highest BCUT2D eigenvalue weighted by atomic mass is 127. The summed E-state index contributed by atoms with van der Waals surface area (Å²) in [6.07, 6.45) is 0.746. The van der Waals surface area contributed by atoms with Crippen molar-refractivity contribution in [1.29, 1.82) is 0 Å². The Morgan fingerprint density at radius 3 is 2.17 bits per heavy atom. The third-order valence-corrected chi connectivity index (χ3v) is 4.06. The van der Waals surface area contributed by atoms with Crippen LogP contribution in [0.2, 0.25) is 0 Å². The maximum absolute atomic E-state index is 12.1. The summed E-state index contributed by atoms with van der Waals surface area (Å²) in [5, 5.41) is 6.22. The summed E-state index contributed by atoms with van der Waals surface area (Å²) in [7, 11) is 5.44. The van der Waals surface area contributed by atoms with Gasteiger partial charge < -0.3 is 25.2 Å². The largest absolute Gasteiger partial charge is 0.444 e. The molecule has 9 heteroatoms. The molecule has 2 N–H and O–H groups in total. The summed E-state index contributed by atoms with van der Waals surface area (Å²) in [5.41, 5.74) is -0.517. The van der Waals surface area contributed by atoms with E-state index < -0.39 is 11.7 Å². The average molecular weight is 527 g/mol. The standard InChI is InChI=1S/C20H41N5O3.HI/c1-10-21-18(22-13-11-17(26)24(7)8)25(9)14-12-16(15(2)3)23-19(27)28-20(4,5)6;/h15-16H,10-14H2,1-9H3,(H,21,22)(H,23,27);1H. The van der Waals surface area contributed by atoms with E-state index in [0.717, 1.165) is 18.9 Å². The normalized spacial score (nSPS) is 12.7. The zero-order valence-corrected chi connectivity index (χ0v) is 22.0. The lowest BCUT2D eigenvalue weighted by Gasteiger charge is -2.28. The van der Waals surface area contributed by atoms with Gasteiger partial charge in [0.15, 0.2) is 5.96 Å². The Hall–Kier alpha value is -1.26. The molecule has 0 spiro atoms. The van der Waals surface area contributed by atoms with Crippen molar-refractivity contribution in [2.45, 2.75) is 66.0 Å². The van der Waals surface area contributed by atoms with Crippen LogP contribution >= 0.6 is 24.0 Å². The zero-order valence-electron chi connectivity index (χ0n) is 19.7. The predicted molar refractivity (Wildman–Crippen MR) is 130 cm³/mol. The van der Waals surface area contributed by atoms with E-state index in [1.54, 1.807) is 19.0 Å². The smallest absolute Gasteiger partial charge is 0.407 e. The number of carbonyl (C=O) groups is 2. The quantitative estimate of drug-likeness (QED) is 0.274. The van der Waals surface area contributed by atoms with Crippen LogP contribution in [0.25, 0.3) is 0 Å². The van der Waals surface area contributed by atoms with E-state index in [4.69, 9.17) is 4.74 Å². The summed E-state index contributed by atoms with van der Waals surface area (Å²) in [4.78, 5) is 31.9. The number of nitrogens with zero attached hydrogens (tertiary/aromatic N) is 3. The van der Waals surface area contributed by atoms with Gasteiger partial charge in [0.2, 0.25) is 5.91 Å². The minimum absolute atomic E-state index is 0. The number of nitrogens with one attached hydrogen (secondary N) is 2. The molecule has 0 aliphatic rings. The van der Waals surface area contributed by atoms with E-state index in [1.807, 2.05) is 39.6 Å². The molecule has 29 heavy (non-hydrogen) atoms. The van der Waals surface area contributed by atoms with Crippen molar-refractivity contribution in [2.24, 2.45) is 10.9 Å². The van der Waals surface area contributed by atoms with Gasteiger partial charge in [-0.3, -0.25) is 9.79 Å². The zero-order chi connectivity index (χ0) is 21.9. The van der Waals surface area contributed by atoms with Gasteiger partial charge in [-0.25, -0.2) is 4.79 Å². The third-order valence-electron chi connectivity index (χ3n) is 4.06. The first-order valence-corrected chi connectivity index (χ1v) is 10.1. The molecule has 0 rings (SSSR count). The number of ether oxygens (including phenoxy) is 1. The van der Waals surface area contributed by atoms with Crippen molar-refractivity contribution in [3.05, 3.63) is 0 Å². The van der Waals surface area contributed by atoms with Crippen LogP contribution in [-0.2, 0) is 9.53 Å². The van der Waals surface area contributed by atoms with E-state index >= 15 is 0 Å². The van der Waals surface area contributed by atoms with E-state index in [9.17, 15) is 9.59 Å². The number of aliphatic imine (C=N–C) groups is 1. The lowest BCUT2D eigenvalue weighted by molar-refractivity contribution is -0.128. The van der Waals surface area contributed by atoms with Crippen LogP contribution in [0.3, 0.4) is 0 Å². The van der Waals surface area contributed by atoms with Crippen molar-refractivity contribution >= 4 is 41.9 Å². The van der Waals surface area contributed by atoms with Gasteiger partial charge in [-0.2, -0.15) is 0 Å². The van der Waals surface area contributed by atoms with Gasteiger partial charge in [-0.15, -0.1) is 24.0 Å².